The Kier molecular flexibility index (Phi) is 19.8. The van der Waals surface area contributed by atoms with Gasteiger partial charge in [-0.3, -0.25) is 15.1 Å². The fourth-order valence-corrected chi connectivity index (χ4v) is 6.13. The first kappa shape index (κ1) is 53.6. The second kappa shape index (κ2) is 25.2. The van der Waals surface area contributed by atoms with Gasteiger partial charge in [0, 0.05) is 28.7 Å². The van der Waals surface area contributed by atoms with E-state index < -0.39 is 71.1 Å². The van der Waals surface area contributed by atoms with Crippen LogP contribution in [0.4, 0.5) is 18.9 Å². The first-order chi connectivity index (χ1) is 32.2. The first-order valence-corrected chi connectivity index (χ1v) is 20.7. The predicted molar refractivity (Wildman–Crippen MR) is 242 cm³/mol. The topological polar surface area (TPSA) is 209 Å². The van der Waals surface area contributed by atoms with Crippen LogP contribution in [0.1, 0.15) is 29.8 Å². The molecule has 1 N–H and O–H groups in total. The van der Waals surface area contributed by atoms with E-state index in [-0.39, 0.29) is 23.1 Å². The molecule has 0 aliphatic carbocycles. The van der Waals surface area contributed by atoms with Gasteiger partial charge in [-0.1, -0.05) is 46.4 Å². The molecule has 0 amide bonds. The number of carbonyl (C=O) groups excluding carboxylic acids is 3. The number of nitro groups is 1. The van der Waals surface area contributed by atoms with Crippen LogP contribution in [0.3, 0.4) is 0 Å². The number of carboxylic acid groups (broad SMARTS) is 1. The van der Waals surface area contributed by atoms with Crippen molar-refractivity contribution in [1.82, 2.24) is 4.98 Å². The fourth-order valence-electron chi connectivity index (χ4n) is 5.25. The lowest BCUT2D eigenvalue weighted by Crippen LogP contribution is -2.24. The summed E-state index contributed by atoms with van der Waals surface area (Å²) >= 11 is 23.7. The highest BCUT2D eigenvalue weighted by molar-refractivity contribution is 6.36. The number of aliphatic carboxylic acids is 1. The molecule has 0 spiro atoms. The van der Waals surface area contributed by atoms with Crippen LogP contribution in [-0.2, 0) is 34.8 Å². The zero-order valence-electron chi connectivity index (χ0n) is 35.4. The zero-order chi connectivity index (χ0) is 50.1. The summed E-state index contributed by atoms with van der Waals surface area (Å²) in [7, 11) is 1.31. The number of pyridine rings is 1. The summed E-state index contributed by atoms with van der Waals surface area (Å²) in [5.74, 6) is -1.78. The van der Waals surface area contributed by atoms with E-state index in [1.807, 2.05) is 0 Å². The molecule has 1 atom stereocenters. The van der Waals surface area contributed by atoms with Crippen LogP contribution in [-0.4, -0.2) is 71.9 Å². The van der Waals surface area contributed by atoms with Gasteiger partial charge in [0.25, 0.3) is 5.69 Å². The van der Waals surface area contributed by atoms with Crippen molar-refractivity contribution < 1.29 is 75.5 Å². The van der Waals surface area contributed by atoms with E-state index in [9.17, 15) is 42.5 Å². The Morgan fingerprint density at radius 1 is 0.765 bits per heavy atom. The average molecular weight is 1030 g/mol. The lowest BCUT2D eigenvalue weighted by molar-refractivity contribution is -0.385. The molecule has 6 rings (SSSR count). The first-order valence-electron chi connectivity index (χ1n) is 19.2. The SMILES string of the molecule is CCOC(=O)COC(=O)c1cc(Oc2ccc(C(F)(F)F)cc2Cl)ccc1[N+](=O)[O-].COC(=O)C(C)Oc1ccc(Oc2ccc(Cl)cc2Cl)cc1.O=C(O)COc1ccc(Cl)c2cccnc12. The maximum atomic E-state index is 12.7. The second-order valence-corrected chi connectivity index (χ2v) is 14.8. The number of esters is 3. The number of rotatable bonds is 15. The van der Waals surface area contributed by atoms with Crippen LogP contribution in [0, 0.1) is 10.1 Å². The number of ether oxygens (including phenoxy) is 7. The van der Waals surface area contributed by atoms with E-state index in [0.29, 0.717) is 49.6 Å². The van der Waals surface area contributed by atoms with Crippen LogP contribution < -0.4 is 18.9 Å². The normalized spacial score (nSPS) is 11.0. The minimum absolute atomic E-state index is 0.0493. The van der Waals surface area contributed by atoms with Crippen molar-refractivity contribution in [2.75, 3.05) is 26.9 Å². The number of benzene rings is 5. The van der Waals surface area contributed by atoms with E-state index in [0.717, 1.165) is 35.7 Å². The monoisotopic (exact) mass is 1020 g/mol. The van der Waals surface area contributed by atoms with Crippen molar-refractivity contribution in [1.29, 1.82) is 0 Å². The molecule has 68 heavy (non-hydrogen) atoms. The van der Waals surface area contributed by atoms with E-state index in [2.05, 4.69) is 14.5 Å². The third kappa shape index (κ3) is 16.1. The van der Waals surface area contributed by atoms with E-state index in [1.165, 1.54) is 14.0 Å². The number of nitro benzene ring substituents is 1. The van der Waals surface area contributed by atoms with Crippen molar-refractivity contribution in [3.05, 3.63) is 151 Å². The lowest BCUT2D eigenvalue weighted by atomic mass is 10.1. The molecule has 16 nitrogen and oxygen atoms in total. The highest BCUT2D eigenvalue weighted by Gasteiger charge is 2.31. The largest absolute Gasteiger partial charge is 0.480 e. The Morgan fingerprint density at radius 3 is 1.99 bits per heavy atom. The van der Waals surface area contributed by atoms with Gasteiger partial charge in [-0.2, -0.15) is 13.2 Å². The highest BCUT2D eigenvalue weighted by Crippen LogP contribution is 2.38. The zero-order valence-corrected chi connectivity index (χ0v) is 38.4. The molecular formula is C45H35Cl4F3N2O14. The van der Waals surface area contributed by atoms with Gasteiger partial charge in [-0.05, 0) is 105 Å². The standard InChI is InChI=1S/C18H13ClF3NO7.C16H14Cl2O4.C11H8ClNO3/c1-2-28-16(24)9-29-17(25)12-8-11(4-5-14(12)23(26)27)30-15-6-3-10(7-13(15)19)18(20,21)22;1-10(16(19)20-2)21-12-4-6-13(7-5-12)22-15-8-3-11(17)9-14(15)18;12-8-3-4-9(16-6-10(14)15)11-7(8)2-1-5-13-11/h3-8H,2,9H2,1H3;3-10H,1-2H3;1-5H,6H2,(H,14,15). The smallest absolute Gasteiger partial charge is 0.416 e. The number of carboxylic acids is 1. The molecule has 5 aromatic carbocycles. The van der Waals surface area contributed by atoms with Crippen LogP contribution in [0.2, 0.25) is 20.1 Å². The quantitative estimate of drug-likeness (QED) is 0.0439. The Balaban J connectivity index is 0.000000233. The molecule has 1 heterocycles. The van der Waals surface area contributed by atoms with Crippen molar-refractivity contribution >= 4 is 86.9 Å². The third-order valence-electron chi connectivity index (χ3n) is 8.32. The molecule has 0 saturated carbocycles. The van der Waals surface area contributed by atoms with Crippen molar-refractivity contribution in [3.63, 3.8) is 0 Å². The summed E-state index contributed by atoms with van der Waals surface area (Å²) < 4.78 is 73.6. The Morgan fingerprint density at radius 2 is 1.38 bits per heavy atom. The van der Waals surface area contributed by atoms with Gasteiger partial charge < -0.3 is 38.3 Å². The maximum Gasteiger partial charge on any atom is 0.416 e. The van der Waals surface area contributed by atoms with Crippen LogP contribution >= 0.6 is 46.4 Å². The summed E-state index contributed by atoms with van der Waals surface area (Å²) in [5.41, 5.74) is -1.59. The number of hydrogen-bond acceptors (Lipinski definition) is 14. The molecule has 358 valence electrons. The highest BCUT2D eigenvalue weighted by atomic mass is 35.5. The summed E-state index contributed by atoms with van der Waals surface area (Å²) in [5, 5.41) is 21.6. The molecular weight excluding hydrogens is 991 g/mol. The molecule has 0 aliphatic heterocycles. The predicted octanol–water partition coefficient (Wildman–Crippen LogP) is 11.9. The van der Waals surface area contributed by atoms with Crippen molar-refractivity contribution in [2.24, 2.45) is 0 Å². The van der Waals surface area contributed by atoms with Crippen LogP contribution in [0.15, 0.2) is 109 Å². The van der Waals surface area contributed by atoms with Gasteiger partial charge in [-0.25, -0.2) is 19.2 Å². The number of alkyl halides is 3. The number of methoxy groups -OCH3 is 1. The number of hydrogen-bond donors (Lipinski definition) is 1. The van der Waals surface area contributed by atoms with Crippen LogP contribution in [0.25, 0.3) is 10.9 Å². The van der Waals surface area contributed by atoms with Gasteiger partial charge in [-0.15, -0.1) is 0 Å². The molecule has 6 aromatic rings. The number of nitrogens with zero attached hydrogens (tertiary/aromatic N) is 2. The number of carbonyl (C=O) groups is 4. The molecule has 0 saturated heterocycles. The van der Waals surface area contributed by atoms with Gasteiger partial charge in [0.2, 0.25) is 0 Å². The van der Waals surface area contributed by atoms with Gasteiger partial charge in [0.15, 0.2) is 19.3 Å². The fraction of sp³-hybridized carbons (Fsp3) is 0.178. The number of fused-ring (bicyclic) bond motifs is 1. The van der Waals surface area contributed by atoms with Crippen molar-refractivity contribution in [2.45, 2.75) is 26.1 Å². The van der Waals surface area contributed by atoms with Crippen molar-refractivity contribution in [3.8, 4) is 34.5 Å². The van der Waals surface area contributed by atoms with Crippen LogP contribution in [0.5, 0.6) is 34.5 Å². The van der Waals surface area contributed by atoms with Gasteiger partial charge in [0.05, 0.1) is 39.3 Å². The second-order valence-electron chi connectivity index (χ2n) is 13.1. The van der Waals surface area contributed by atoms with E-state index in [1.54, 1.807) is 79.9 Å². The summed E-state index contributed by atoms with van der Waals surface area (Å²) in [6.45, 7) is 2.04. The van der Waals surface area contributed by atoms with E-state index in [4.69, 9.17) is 75.2 Å². The molecule has 0 radical (unpaired) electrons. The number of halogens is 7. The molecule has 1 unspecified atom stereocenters. The molecule has 1 aromatic heterocycles. The average Bonchev–Trinajstić information content (AvgIpc) is 3.30. The summed E-state index contributed by atoms with van der Waals surface area (Å²) in [6.07, 6.45) is -3.68. The Hall–Kier alpha value is -7.06. The molecule has 0 bridgehead atoms. The molecule has 0 aliphatic rings. The third-order valence-corrected chi connectivity index (χ3v) is 9.48. The minimum atomic E-state index is -4.61. The Labute approximate surface area is 404 Å². The number of aromatic nitrogens is 1. The van der Waals surface area contributed by atoms with Gasteiger partial charge in [0.1, 0.15) is 45.6 Å². The molecule has 0 fully saturated rings. The summed E-state index contributed by atoms with van der Waals surface area (Å²) in [4.78, 5) is 59.6. The minimum Gasteiger partial charge on any atom is -0.480 e. The molecule has 23 heteroatoms. The maximum absolute atomic E-state index is 12.7. The summed E-state index contributed by atoms with van der Waals surface area (Å²) in [6, 6.07) is 24.0. The van der Waals surface area contributed by atoms with Gasteiger partial charge >= 0.3 is 30.1 Å². The van der Waals surface area contributed by atoms with E-state index >= 15 is 0 Å². The lowest BCUT2D eigenvalue weighted by Gasteiger charge is -2.13. The Bertz CT molecular complexity index is 2760.